The summed E-state index contributed by atoms with van der Waals surface area (Å²) in [5, 5.41) is 27.2. The van der Waals surface area contributed by atoms with Crippen LogP contribution in [0, 0.1) is 0 Å². The summed E-state index contributed by atoms with van der Waals surface area (Å²) >= 11 is 0. The average molecular weight is 407 g/mol. The third kappa shape index (κ3) is 4.16. The third-order valence-corrected chi connectivity index (χ3v) is 5.75. The van der Waals surface area contributed by atoms with Crippen LogP contribution in [0.5, 0.6) is 5.75 Å². The van der Waals surface area contributed by atoms with Crippen LogP contribution in [0.1, 0.15) is 40.5 Å². The summed E-state index contributed by atoms with van der Waals surface area (Å²) in [6, 6.07) is 11.5. The summed E-state index contributed by atoms with van der Waals surface area (Å²) < 4.78 is 1.75. The predicted molar refractivity (Wildman–Crippen MR) is 119 cm³/mol. The van der Waals surface area contributed by atoms with E-state index in [9.17, 15) is 5.11 Å². The smallest absolute Gasteiger partial charge is 0.151 e. The highest BCUT2D eigenvalue weighted by atomic mass is 16.3. The fraction of sp³-hybridized carbons (Fsp3) is 0.435. The third-order valence-electron chi connectivity index (χ3n) is 5.75. The molecule has 2 N–H and O–H groups in total. The van der Waals surface area contributed by atoms with Gasteiger partial charge in [0.05, 0.1) is 11.4 Å². The Balaban J connectivity index is 1.58. The molecule has 4 rings (SSSR count). The maximum Gasteiger partial charge on any atom is 0.151 e. The molecule has 0 spiro atoms. The molecule has 7 nitrogen and oxygen atoms in total. The van der Waals surface area contributed by atoms with Crippen molar-refractivity contribution in [3.05, 3.63) is 48.8 Å². The van der Waals surface area contributed by atoms with Gasteiger partial charge in [0.2, 0.25) is 0 Å². The molecule has 1 fully saturated rings. The minimum atomic E-state index is 0.0623. The van der Waals surface area contributed by atoms with Crippen molar-refractivity contribution in [1.29, 1.82) is 0 Å². The topological polar surface area (TPSA) is 79.1 Å². The number of anilines is 1. The minimum Gasteiger partial charge on any atom is -0.507 e. The summed E-state index contributed by atoms with van der Waals surface area (Å²) in [7, 11) is 2.08. The van der Waals surface area contributed by atoms with Crippen molar-refractivity contribution in [1.82, 2.24) is 25.3 Å². The van der Waals surface area contributed by atoms with Crippen molar-refractivity contribution in [2.75, 3.05) is 11.9 Å². The van der Waals surface area contributed by atoms with Crippen molar-refractivity contribution in [3.8, 4) is 22.7 Å². The molecule has 1 aromatic carbocycles. The van der Waals surface area contributed by atoms with E-state index >= 15 is 0 Å². The number of piperidine rings is 1. The van der Waals surface area contributed by atoms with E-state index in [1.807, 2.05) is 36.5 Å². The first-order chi connectivity index (χ1) is 14.1. The second-order valence-electron chi connectivity index (χ2n) is 9.49. The molecule has 30 heavy (non-hydrogen) atoms. The van der Waals surface area contributed by atoms with Gasteiger partial charge in [-0.05, 0) is 76.9 Å². The van der Waals surface area contributed by atoms with Crippen LogP contribution in [0.25, 0.3) is 16.9 Å². The summed E-state index contributed by atoms with van der Waals surface area (Å²) in [5.41, 5.74) is 2.24. The van der Waals surface area contributed by atoms with E-state index in [-0.39, 0.29) is 16.8 Å². The lowest BCUT2D eigenvalue weighted by Crippen LogP contribution is -2.62. The minimum absolute atomic E-state index is 0.0623. The molecule has 1 saturated heterocycles. The number of aromatic nitrogens is 4. The predicted octanol–water partition coefficient (Wildman–Crippen LogP) is 3.78. The molecular weight excluding hydrogens is 376 g/mol. The van der Waals surface area contributed by atoms with Gasteiger partial charge in [0, 0.05) is 42.1 Å². The molecule has 1 aliphatic rings. The van der Waals surface area contributed by atoms with Crippen LogP contribution < -0.4 is 10.2 Å². The number of benzene rings is 1. The lowest BCUT2D eigenvalue weighted by Gasteiger charge is -2.49. The van der Waals surface area contributed by atoms with Crippen molar-refractivity contribution >= 4 is 5.82 Å². The fourth-order valence-corrected chi connectivity index (χ4v) is 4.68. The van der Waals surface area contributed by atoms with Crippen molar-refractivity contribution in [3.63, 3.8) is 0 Å². The molecule has 3 heterocycles. The molecule has 1 aliphatic heterocycles. The second-order valence-corrected chi connectivity index (χ2v) is 9.49. The Morgan fingerprint density at radius 1 is 1.07 bits per heavy atom. The largest absolute Gasteiger partial charge is 0.507 e. The molecule has 0 aliphatic carbocycles. The number of nitrogens with one attached hydrogen (secondary N) is 1. The number of hydrogen-bond donors (Lipinski definition) is 2. The molecule has 3 aromatic rings. The molecule has 0 unspecified atom stereocenters. The standard InChI is InChI=1S/C23H30N6O/c1-22(2)14-17(15-23(3,4)27-22)28(5)21-10-8-19(25-26-21)18-13-16(7-9-20(18)30)29-12-6-11-24-29/h6-13,17,27,30H,14-15H2,1-5H3. The number of phenols is 1. The van der Waals surface area contributed by atoms with Crippen LogP contribution in [-0.4, -0.2) is 49.3 Å². The molecule has 2 aromatic heterocycles. The van der Waals surface area contributed by atoms with E-state index in [2.05, 4.69) is 60.3 Å². The highest BCUT2D eigenvalue weighted by Gasteiger charge is 2.39. The van der Waals surface area contributed by atoms with Crippen LogP contribution in [0.3, 0.4) is 0 Å². The zero-order valence-electron chi connectivity index (χ0n) is 18.3. The van der Waals surface area contributed by atoms with Gasteiger partial charge in [0.25, 0.3) is 0 Å². The zero-order chi connectivity index (χ0) is 21.5. The van der Waals surface area contributed by atoms with E-state index < -0.39 is 0 Å². The van der Waals surface area contributed by atoms with Gasteiger partial charge in [-0.25, -0.2) is 4.68 Å². The SMILES string of the molecule is CN(c1ccc(-c2cc(-n3cccn3)ccc2O)nn1)C1CC(C)(C)NC(C)(C)C1. The molecule has 158 valence electrons. The first-order valence-electron chi connectivity index (χ1n) is 10.3. The van der Waals surface area contributed by atoms with Crippen molar-refractivity contribution in [2.45, 2.75) is 57.7 Å². The normalized spacial score (nSPS) is 18.3. The Morgan fingerprint density at radius 2 is 1.80 bits per heavy atom. The summed E-state index contributed by atoms with van der Waals surface area (Å²) in [4.78, 5) is 2.22. The van der Waals surface area contributed by atoms with E-state index in [4.69, 9.17) is 0 Å². The Labute approximate surface area is 177 Å². The first-order valence-corrected chi connectivity index (χ1v) is 10.3. The average Bonchev–Trinajstić information content (AvgIpc) is 3.20. The number of rotatable bonds is 4. The van der Waals surface area contributed by atoms with Gasteiger partial charge < -0.3 is 15.3 Å². The molecule has 0 atom stereocenters. The van der Waals surface area contributed by atoms with Gasteiger partial charge in [0.15, 0.2) is 5.82 Å². The molecular formula is C23H30N6O. The molecule has 0 radical (unpaired) electrons. The highest BCUT2D eigenvalue weighted by Crippen LogP contribution is 2.34. The Morgan fingerprint density at radius 3 is 2.40 bits per heavy atom. The Hall–Kier alpha value is -2.93. The summed E-state index contributed by atoms with van der Waals surface area (Å²) in [6.45, 7) is 9.00. The monoisotopic (exact) mass is 406 g/mol. The van der Waals surface area contributed by atoms with E-state index in [1.54, 1.807) is 16.9 Å². The van der Waals surface area contributed by atoms with Crippen LogP contribution in [0.4, 0.5) is 5.82 Å². The molecule has 0 bridgehead atoms. The first kappa shape index (κ1) is 20.3. The highest BCUT2D eigenvalue weighted by molar-refractivity contribution is 5.69. The van der Waals surface area contributed by atoms with Crippen LogP contribution in [-0.2, 0) is 0 Å². The van der Waals surface area contributed by atoms with E-state index in [1.165, 1.54) is 0 Å². The summed E-state index contributed by atoms with van der Waals surface area (Å²) in [5.74, 6) is 1.00. The number of phenolic OH excluding ortho intramolecular Hbond substituents is 1. The lowest BCUT2D eigenvalue weighted by atomic mass is 9.79. The number of aromatic hydroxyl groups is 1. The quantitative estimate of drug-likeness (QED) is 0.686. The maximum atomic E-state index is 10.4. The van der Waals surface area contributed by atoms with Gasteiger partial charge in [-0.1, -0.05) is 0 Å². The van der Waals surface area contributed by atoms with Gasteiger partial charge in [-0.2, -0.15) is 5.10 Å². The Kier molecular flexibility index (Phi) is 5.02. The van der Waals surface area contributed by atoms with Gasteiger partial charge in [0.1, 0.15) is 5.75 Å². The van der Waals surface area contributed by atoms with Crippen LogP contribution in [0.2, 0.25) is 0 Å². The molecule has 0 amide bonds. The van der Waals surface area contributed by atoms with Gasteiger partial charge in [-0.3, -0.25) is 0 Å². The molecule has 7 heteroatoms. The number of nitrogens with zero attached hydrogens (tertiary/aromatic N) is 5. The van der Waals surface area contributed by atoms with Crippen molar-refractivity contribution in [2.24, 2.45) is 0 Å². The Bertz CT molecular complexity index is 995. The lowest BCUT2D eigenvalue weighted by molar-refractivity contribution is 0.160. The fourth-order valence-electron chi connectivity index (χ4n) is 4.68. The van der Waals surface area contributed by atoms with E-state index in [0.717, 1.165) is 24.3 Å². The second kappa shape index (κ2) is 7.40. The van der Waals surface area contributed by atoms with Gasteiger partial charge >= 0.3 is 0 Å². The van der Waals surface area contributed by atoms with Crippen LogP contribution in [0.15, 0.2) is 48.8 Å². The number of hydrogen-bond acceptors (Lipinski definition) is 6. The van der Waals surface area contributed by atoms with Crippen LogP contribution >= 0.6 is 0 Å². The molecule has 0 saturated carbocycles. The maximum absolute atomic E-state index is 10.4. The zero-order valence-corrected chi connectivity index (χ0v) is 18.3. The summed E-state index contributed by atoms with van der Waals surface area (Å²) in [6.07, 6.45) is 5.65. The van der Waals surface area contributed by atoms with Gasteiger partial charge in [-0.15, -0.1) is 10.2 Å². The van der Waals surface area contributed by atoms with E-state index in [0.29, 0.717) is 17.3 Å². The van der Waals surface area contributed by atoms with Crippen molar-refractivity contribution < 1.29 is 5.11 Å².